The van der Waals surface area contributed by atoms with Crippen molar-refractivity contribution < 1.29 is 17.6 Å². The maximum absolute atomic E-state index is 12.1. The van der Waals surface area contributed by atoms with Crippen LogP contribution in [0.2, 0.25) is 5.02 Å². The molecule has 1 heterocycles. The van der Waals surface area contributed by atoms with Crippen molar-refractivity contribution in [1.82, 2.24) is 10.2 Å². The average Bonchev–Trinajstić information content (AvgIpc) is 3.12. The van der Waals surface area contributed by atoms with Crippen LogP contribution in [0.15, 0.2) is 57.8 Å². The molecule has 3 aromatic rings. The Bertz CT molecular complexity index is 1040. The molecule has 0 fully saturated rings. The van der Waals surface area contributed by atoms with Gasteiger partial charge in [0.05, 0.1) is 17.1 Å². The van der Waals surface area contributed by atoms with E-state index in [1.54, 1.807) is 43.3 Å². The molecule has 1 amide bonds. The van der Waals surface area contributed by atoms with Gasteiger partial charge in [0.2, 0.25) is 11.8 Å². The highest BCUT2D eigenvalue weighted by molar-refractivity contribution is 7.91. The summed E-state index contributed by atoms with van der Waals surface area (Å²) in [6.07, 6.45) is 0.137. The number of nitrogens with one attached hydrogen (secondary N) is 1. The summed E-state index contributed by atoms with van der Waals surface area (Å²) in [6, 6.07) is 13.0. The normalized spacial score (nSPS) is 11.3. The summed E-state index contributed by atoms with van der Waals surface area (Å²) in [5.74, 6) is -0.106. The fourth-order valence-electron chi connectivity index (χ4n) is 2.31. The van der Waals surface area contributed by atoms with Gasteiger partial charge in [-0.2, -0.15) is 0 Å². The second-order valence-corrected chi connectivity index (χ2v) is 8.41. The minimum absolute atomic E-state index is 0.0245. The second-order valence-electron chi connectivity index (χ2n) is 5.69. The maximum Gasteiger partial charge on any atom is 0.322 e. The van der Waals surface area contributed by atoms with Gasteiger partial charge < -0.3 is 4.42 Å². The molecule has 0 aliphatic heterocycles. The predicted octanol–water partition coefficient (Wildman–Crippen LogP) is 3.36. The fraction of sp³-hybridized carbons (Fsp3) is 0.167. The van der Waals surface area contributed by atoms with Crippen LogP contribution in [-0.2, 0) is 21.1 Å². The number of carbonyl (C=O) groups is 1. The number of amides is 1. The number of sulfone groups is 1. The quantitative estimate of drug-likeness (QED) is 0.674. The van der Waals surface area contributed by atoms with Crippen LogP contribution in [0.5, 0.6) is 0 Å². The summed E-state index contributed by atoms with van der Waals surface area (Å²) in [4.78, 5) is 12.3. The van der Waals surface area contributed by atoms with Crippen molar-refractivity contribution in [1.29, 1.82) is 0 Å². The van der Waals surface area contributed by atoms with Gasteiger partial charge in [-0.1, -0.05) is 35.8 Å². The molecule has 27 heavy (non-hydrogen) atoms. The SMILES string of the molecule is CCS(=O)(=O)c1ccc(-c2nnc(NC(=O)Cc3ccc(Cl)cc3)o2)cc1. The van der Waals surface area contributed by atoms with Gasteiger partial charge in [-0.25, -0.2) is 8.42 Å². The summed E-state index contributed by atoms with van der Waals surface area (Å²) in [5, 5.41) is 10.8. The van der Waals surface area contributed by atoms with Crippen molar-refractivity contribution in [2.45, 2.75) is 18.2 Å². The standard InChI is InChI=1S/C18H16ClN3O4S/c1-2-27(24,25)15-9-5-13(6-10-15)17-21-22-18(26-17)20-16(23)11-12-3-7-14(19)8-4-12/h3-10H,2,11H2,1H3,(H,20,22,23). The van der Waals surface area contributed by atoms with Crippen molar-refractivity contribution >= 4 is 33.4 Å². The molecule has 0 radical (unpaired) electrons. The number of aromatic nitrogens is 2. The molecular formula is C18H16ClN3O4S. The molecule has 9 heteroatoms. The molecule has 0 aliphatic rings. The largest absolute Gasteiger partial charge is 0.403 e. The molecule has 2 aromatic carbocycles. The summed E-state index contributed by atoms with van der Waals surface area (Å²) in [7, 11) is -3.27. The van der Waals surface area contributed by atoms with Gasteiger partial charge in [0.25, 0.3) is 0 Å². The highest BCUT2D eigenvalue weighted by Crippen LogP contribution is 2.22. The second kappa shape index (κ2) is 7.89. The average molecular weight is 406 g/mol. The maximum atomic E-state index is 12.1. The Morgan fingerprint density at radius 3 is 2.37 bits per heavy atom. The van der Waals surface area contributed by atoms with Crippen LogP contribution in [0.4, 0.5) is 6.01 Å². The first kappa shape index (κ1) is 19.1. The van der Waals surface area contributed by atoms with Crippen LogP contribution < -0.4 is 5.32 Å². The molecule has 0 saturated carbocycles. The summed E-state index contributed by atoms with van der Waals surface area (Å²) < 4.78 is 29.1. The van der Waals surface area contributed by atoms with E-state index in [0.29, 0.717) is 10.6 Å². The van der Waals surface area contributed by atoms with Crippen LogP contribution in [0.1, 0.15) is 12.5 Å². The predicted molar refractivity (Wildman–Crippen MR) is 101 cm³/mol. The first-order valence-electron chi connectivity index (χ1n) is 8.08. The van der Waals surface area contributed by atoms with Gasteiger partial charge in [0, 0.05) is 10.6 Å². The number of rotatable bonds is 6. The lowest BCUT2D eigenvalue weighted by molar-refractivity contribution is -0.115. The molecule has 1 aromatic heterocycles. The molecular weight excluding hydrogens is 390 g/mol. The first-order valence-corrected chi connectivity index (χ1v) is 10.1. The fourth-order valence-corrected chi connectivity index (χ4v) is 3.32. The summed E-state index contributed by atoms with van der Waals surface area (Å²) in [5.41, 5.74) is 1.35. The Morgan fingerprint density at radius 2 is 1.74 bits per heavy atom. The molecule has 0 atom stereocenters. The first-order chi connectivity index (χ1) is 12.9. The van der Waals surface area contributed by atoms with E-state index >= 15 is 0 Å². The van der Waals surface area contributed by atoms with Gasteiger partial charge in [0.1, 0.15) is 0 Å². The molecule has 0 aliphatic carbocycles. The van der Waals surface area contributed by atoms with Crippen LogP contribution in [0.25, 0.3) is 11.5 Å². The zero-order valence-corrected chi connectivity index (χ0v) is 15.9. The van der Waals surface area contributed by atoms with E-state index in [4.69, 9.17) is 16.0 Å². The molecule has 0 unspecified atom stereocenters. The van der Waals surface area contributed by atoms with Crippen LogP contribution >= 0.6 is 11.6 Å². The number of halogens is 1. The van der Waals surface area contributed by atoms with E-state index in [9.17, 15) is 13.2 Å². The van der Waals surface area contributed by atoms with Gasteiger partial charge in [-0.05, 0) is 42.0 Å². The third kappa shape index (κ3) is 4.72. The summed E-state index contributed by atoms with van der Waals surface area (Å²) in [6.45, 7) is 1.58. The zero-order chi connectivity index (χ0) is 19.4. The Balaban J connectivity index is 1.67. The van der Waals surface area contributed by atoms with Crippen molar-refractivity contribution in [3.05, 3.63) is 59.1 Å². The van der Waals surface area contributed by atoms with Crippen molar-refractivity contribution in [2.75, 3.05) is 11.1 Å². The highest BCUT2D eigenvalue weighted by Gasteiger charge is 2.14. The molecule has 0 bridgehead atoms. The zero-order valence-electron chi connectivity index (χ0n) is 14.3. The molecule has 140 valence electrons. The molecule has 7 nitrogen and oxygen atoms in total. The third-order valence-corrected chi connectivity index (χ3v) is 5.79. The third-order valence-electron chi connectivity index (χ3n) is 3.79. The topological polar surface area (TPSA) is 102 Å². The number of carbonyl (C=O) groups excluding carboxylic acids is 1. The Morgan fingerprint density at radius 1 is 1.07 bits per heavy atom. The minimum Gasteiger partial charge on any atom is -0.403 e. The van der Waals surface area contributed by atoms with Gasteiger partial charge in [-0.15, -0.1) is 5.10 Å². The van der Waals surface area contributed by atoms with Crippen LogP contribution in [0, 0.1) is 0 Å². The molecule has 1 N–H and O–H groups in total. The van der Waals surface area contributed by atoms with E-state index < -0.39 is 9.84 Å². The summed E-state index contributed by atoms with van der Waals surface area (Å²) >= 11 is 5.81. The number of anilines is 1. The number of hydrogen-bond acceptors (Lipinski definition) is 6. The number of benzene rings is 2. The minimum atomic E-state index is -3.27. The van der Waals surface area contributed by atoms with E-state index in [1.807, 2.05) is 0 Å². The van der Waals surface area contributed by atoms with Gasteiger partial charge >= 0.3 is 6.01 Å². The Hall–Kier alpha value is -2.71. The lowest BCUT2D eigenvalue weighted by atomic mass is 10.1. The smallest absolute Gasteiger partial charge is 0.322 e. The molecule has 0 spiro atoms. The van der Waals surface area contributed by atoms with Crippen molar-refractivity contribution in [2.24, 2.45) is 0 Å². The van der Waals surface area contributed by atoms with Crippen molar-refractivity contribution in [3.63, 3.8) is 0 Å². The van der Waals surface area contributed by atoms with Crippen molar-refractivity contribution in [3.8, 4) is 11.5 Å². The van der Waals surface area contributed by atoms with Crippen LogP contribution in [0.3, 0.4) is 0 Å². The highest BCUT2D eigenvalue weighted by atomic mass is 35.5. The monoisotopic (exact) mass is 405 g/mol. The Kier molecular flexibility index (Phi) is 5.57. The molecule has 3 rings (SSSR count). The number of hydrogen-bond donors (Lipinski definition) is 1. The Labute approximate surface area is 161 Å². The van der Waals surface area contributed by atoms with Crippen LogP contribution in [-0.4, -0.2) is 30.3 Å². The van der Waals surface area contributed by atoms with E-state index in [-0.39, 0.29) is 34.9 Å². The van der Waals surface area contributed by atoms with Gasteiger partial charge in [-0.3, -0.25) is 10.1 Å². The number of nitrogens with zero attached hydrogens (tertiary/aromatic N) is 2. The van der Waals surface area contributed by atoms with E-state index in [0.717, 1.165) is 5.56 Å². The van der Waals surface area contributed by atoms with E-state index in [2.05, 4.69) is 15.5 Å². The van der Waals surface area contributed by atoms with E-state index in [1.165, 1.54) is 12.1 Å². The lowest BCUT2D eigenvalue weighted by Gasteiger charge is -2.02. The lowest BCUT2D eigenvalue weighted by Crippen LogP contribution is -2.14. The van der Waals surface area contributed by atoms with Gasteiger partial charge in [0.15, 0.2) is 9.84 Å². The molecule has 0 saturated heterocycles.